The molecule has 4 nitrogen and oxygen atoms in total. The van der Waals surface area contributed by atoms with Crippen molar-refractivity contribution in [2.75, 3.05) is 0 Å². The standard InChI is InChI=1S/C7H12O2.C5H8O2/c1-3-4-5-6(2)7(8)9;1-3-4(2)5(6)7/h2-5H2,1H3,(H,8,9);3H,1-2H3,(H,6,7)/p-1/b;4-3+. The SMILES string of the molecule is C/C=C(\C)C(=O)O.C=C(CCCC)C(=O)[O-]. The van der Waals surface area contributed by atoms with Gasteiger partial charge < -0.3 is 15.0 Å². The van der Waals surface area contributed by atoms with E-state index in [0.717, 1.165) is 12.8 Å². The number of hydrogen-bond acceptors (Lipinski definition) is 3. The van der Waals surface area contributed by atoms with Gasteiger partial charge in [-0.05, 0) is 32.3 Å². The molecule has 0 saturated heterocycles. The Morgan fingerprint density at radius 1 is 1.44 bits per heavy atom. The Morgan fingerprint density at radius 2 is 1.94 bits per heavy atom. The minimum atomic E-state index is -1.12. The van der Waals surface area contributed by atoms with Crippen molar-refractivity contribution >= 4 is 11.9 Å². The lowest BCUT2D eigenvalue weighted by molar-refractivity contribution is -0.299. The maximum absolute atomic E-state index is 9.99. The van der Waals surface area contributed by atoms with Crippen LogP contribution in [0.3, 0.4) is 0 Å². The summed E-state index contributed by atoms with van der Waals surface area (Å²) in [5, 5.41) is 18.1. The molecular formula is C12H19O4-. The normalized spacial score (nSPS) is 10.1. The first-order chi connectivity index (χ1) is 7.36. The number of aliphatic carboxylic acids is 2. The van der Waals surface area contributed by atoms with Crippen molar-refractivity contribution in [2.45, 2.75) is 40.0 Å². The zero-order chi connectivity index (χ0) is 13.1. The van der Waals surface area contributed by atoms with Crippen LogP contribution in [0.5, 0.6) is 0 Å². The summed E-state index contributed by atoms with van der Waals surface area (Å²) in [4.78, 5) is 19.9. The van der Waals surface area contributed by atoms with E-state index in [1.165, 1.54) is 0 Å². The summed E-state index contributed by atoms with van der Waals surface area (Å²) in [5.41, 5.74) is 0.594. The minimum absolute atomic E-state index is 0.205. The molecule has 0 aliphatic rings. The maximum Gasteiger partial charge on any atom is 0.330 e. The van der Waals surface area contributed by atoms with Crippen LogP contribution in [0.15, 0.2) is 23.8 Å². The van der Waals surface area contributed by atoms with E-state index in [2.05, 4.69) is 6.58 Å². The zero-order valence-electron chi connectivity index (χ0n) is 10.1. The summed E-state index contributed by atoms with van der Waals surface area (Å²) >= 11 is 0. The molecule has 0 bridgehead atoms. The van der Waals surface area contributed by atoms with Crippen LogP contribution >= 0.6 is 0 Å². The molecule has 0 rings (SSSR count). The van der Waals surface area contributed by atoms with Crippen LogP contribution in [-0.4, -0.2) is 17.0 Å². The fraction of sp³-hybridized carbons (Fsp3) is 0.500. The molecule has 0 amide bonds. The molecule has 0 aromatic heterocycles. The number of carbonyl (C=O) groups excluding carboxylic acids is 1. The molecule has 4 heteroatoms. The number of carboxylic acid groups (broad SMARTS) is 2. The van der Waals surface area contributed by atoms with Gasteiger partial charge in [0.15, 0.2) is 0 Å². The van der Waals surface area contributed by atoms with Crippen molar-refractivity contribution in [2.24, 2.45) is 0 Å². The fourth-order valence-electron chi connectivity index (χ4n) is 0.616. The van der Waals surface area contributed by atoms with Crippen molar-refractivity contribution < 1.29 is 19.8 Å². The average molecular weight is 227 g/mol. The van der Waals surface area contributed by atoms with Crippen LogP contribution in [0.2, 0.25) is 0 Å². The molecule has 0 aliphatic heterocycles. The van der Waals surface area contributed by atoms with E-state index in [0.29, 0.717) is 12.0 Å². The number of unbranched alkanes of at least 4 members (excludes halogenated alkanes) is 1. The van der Waals surface area contributed by atoms with Crippen LogP contribution in [0.4, 0.5) is 0 Å². The van der Waals surface area contributed by atoms with Gasteiger partial charge in [-0.3, -0.25) is 0 Å². The van der Waals surface area contributed by atoms with Gasteiger partial charge in [0, 0.05) is 5.57 Å². The largest absolute Gasteiger partial charge is 0.545 e. The van der Waals surface area contributed by atoms with Gasteiger partial charge in [-0.2, -0.15) is 0 Å². The molecule has 0 atom stereocenters. The molecule has 0 spiro atoms. The molecular weight excluding hydrogens is 208 g/mol. The van der Waals surface area contributed by atoms with Crippen LogP contribution in [0.1, 0.15) is 40.0 Å². The number of carboxylic acids is 2. The molecule has 0 fully saturated rings. The van der Waals surface area contributed by atoms with Gasteiger partial charge in [0.2, 0.25) is 0 Å². The molecule has 16 heavy (non-hydrogen) atoms. The first-order valence-corrected chi connectivity index (χ1v) is 5.12. The van der Waals surface area contributed by atoms with Crippen molar-refractivity contribution in [3.63, 3.8) is 0 Å². The van der Waals surface area contributed by atoms with Gasteiger partial charge in [-0.15, -0.1) is 0 Å². The first-order valence-electron chi connectivity index (χ1n) is 5.12. The predicted octanol–water partition coefficient (Wildman–Crippen LogP) is 1.52. The molecule has 0 aliphatic carbocycles. The third-order valence-corrected chi connectivity index (χ3v) is 1.89. The van der Waals surface area contributed by atoms with Gasteiger partial charge >= 0.3 is 5.97 Å². The van der Waals surface area contributed by atoms with Gasteiger partial charge in [-0.1, -0.05) is 26.0 Å². The monoisotopic (exact) mass is 227 g/mol. The van der Waals surface area contributed by atoms with Crippen molar-refractivity contribution in [1.29, 1.82) is 0 Å². The minimum Gasteiger partial charge on any atom is -0.545 e. The van der Waals surface area contributed by atoms with Crippen LogP contribution in [0.25, 0.3) is 0 Å². The third-order valence-electron chi connectivity index (χ3n) is 1.89. The number of allylic oxidation sites excluding steroid dienone is 1. The van der Waals surface area contributed by atoms with E-state index in [1.54, 1.807) is 19.9 Å². The fourth-order valence-corrected chi connectivity index (χ4v) is 0.616. The van der Waals surface area contributed by atoms with Crippen LogP contribution < -0.4 is 5.11 Å². The molecule has 1 N–H and O–H groups in total. The number of rotatable bonds is 5. The van der Waals surface area contributed by atoms with Gasteiger partial charge in [0.05, 0.1) is 5.97 Å². The smallest absolute Gasteiger partial charge is 0.330 e. The summed E-state index contributed by atoms with van der Waals surface area (Å²) in [5.74, 6) is -1.97. The molecule has 92 valence electrons. The zero-order valence-corrected chi connectivity index (χ0v) is 10.1. The molecule has 0 aromatic rings. The van der Waals surface area contributed by atoms with Crippen molar-refractivity contribution in [3.8, 4) is 0 Å². The van der Waals surface area contributed by atoms with E-state index >= 15 is 0 Å². The Balaban J connectivity index is 0. The Morgan fingerprint density at radius 3 is 2.12 bits per heavy atom. The van der Waals surface area contributed by atoms with Gasteiger partial charge in [0.25, 0.3) is 0 Å². The Bertz CT molecular complexity index is 277. The van der Waals surface area contributed by atoms with Crippen LogP contribution in [-0.2, 0) is 9.59 Å². The average Bonchev–Trinajstić information content (AvgIpc) is 2.25. The van der Waals surface area contributed by atoms with Crippen molar-refractivity contribution in [3.05, 3.63) is 23.8 Å². The van der Waals surface area contributed by atoms with E-state index in [-0.39, 0.29) is 5.57 Å². The molecule has 0 radical (unpaired) electrons. The van der Waals surface area contributed by atoms with E-state index in [4.69, 9.17) is 5.11 Å². The molecule has 0 saturated carbocycles. The van der Waals surface area contributed by atoms with Gasteiger partial charge in [-0.25, -0.2) is 4.79 Å². The Hall–Kier alpha value is -1.58. The van der Waals surface area contributed by atoms with Crippen molar-refractivity contribution in [1.82, 2.24) is 0 Å². The quantitative estimate of drug-likeness (QED) is 0.722. The predicted molar refractivity (Wildman–Crippen MR) is 60.7 cm³/mol. The van der Waals surface area contributed by atoms with E-state index in [1.807, 2.05) is 6.92 Å². The van der Waals surface area contributed by atoms with Crippen LogP contribution in [0, 0.1) is 0 Å². The summed E-state index contributed by atoms with van der Waals surface area (Å²) in [6, 6.07) is 0. The number of hydrogen-bond donors (Lipinski definition) is 1. The molecule has 0 heterocycles. The van der Waals surface area contributed by atoms with E-state index < -0.39 is 11.9 Å². The lowest BCUT2D eigenvalue weighted by Gasteiger charge is -2.03. The summed E-state index contributed by atoms with van der Waals surface area (Å²) in [6.07, 6.45) is 3.99. The summed E-state index contributed by atoms with van der Waals surface area (Å²) in [7, 11) is 0. The lowest BCUT2D eigenvalue weighted by atomic mass is 10.1. The second-order valence-electron chi connectivity index (χ2n) is 3.27. The Kier molecular flexibility index (Phi) is 10.5. The highest BCUT2D eigenvalue weighted by Crippen LogP contribution is 2.02. The van der Waals surface area contributed by atoms with Gasteiger partial charge in [0.1, 0.15) is 0 Å². The number of carbonyl (C=O) groups is 2. The summed E-state index contributed by atoms with van der Waals surface area (Å²) < 4.78 is 0. The van der Waals surface area contributed by atoms with E-state index in [9.17, 15) is 14.7 Å². The summed E-state index contributed by atoms with van der Waals surface area (Å²) in [6.45, 7) is 8.59. The Labute approximate surface area is 96.3 Å². The maximum atomic E-state index is 9.99. The topological polar surface area (TPSA) is 77.4 Å². The first kappa shape index (κ1) is 16.8. The highest BCUT2D eigenvalue weighted by Gasteiger charge is 1.93. The molecule has 0 unspecified atom stereocenters. The second kappa shape index (κ2) is 9.96. The second-order valence-corrected chi connectivity index (χ2v) is 3.27. The lowest BCUT2D eigenvalue weighted by Crippen LogP contribution is -2.23. The molecule has 0 aromatic carbocycles. The third kappa shape index (κ3) is 10.5. The highest BCUT2D eigenvalue weighted by molar-refractivity contribution is 5.85. The highest BCUT2D eigenvalue weighted by atomic mass is 16.4.